The van der Waals surface area contributed by atoms with Crippen molar-refractivity contribution in [3.8, 4) is 0 Å². The fourth-order valence-corrected chi connectivity index (χ4v) is 1.29. The number of rotatable bonds is 0. The van der Waals surface area contributed by atoms with Gasteiger partial charge in [-0.2, -0.15) is 0 Å². The molecule has 0 fully saturated rings. The van der Waals surface area contributed by atoms with E-state index in [2.05, 4.69) is 36.6 Å². The average Bonchev–Trinajstić information content (AvgIpc) is 2.07. The Morgan fingerprint density at radius 2 is 1.25 bits per heavy atom. The van der Waals surface area contributed by atoms with Gasteiger partial charge in [0.05, 0.1) is 11.4 Å². The molecule has 0 amide bonds. The standard InChI is InChI=1S/C10H12N2/c1-7-8(2)12-10-6-4-3-5-9(10)11-7/h3-6,11-12H,1-2H3. The summed E-state index contributed by atoms with van der Waals surface area (Å²) in [6.45, 7) is 4.14. The van der Waals surface area contributed by atoms with Crippen molar-refractivity contribution in [1.82, 2.24) is 0 Å². The molecule has 2 nitrogen and oxygen atoms in total. The minimum atomic E-state index is 1.15. The fourth-order valence-electron chi connectivity index (χ4n) is 1.29. The second kappa shape index (κ2) is 2.55. The lowest BCUT2D eigenvalue weighted by Crippen LogP contribution is -2.12. The molecule has 2 N–H and O–H groups in total. The highest BCUT2D eigenvalue weighted by Gasteiger charge is 2.08. The molecule has 0 saturated heterocycles. The Balaban J connectivity index is 2.43. The van der Waals surface area contributed by atoms with Crippen LogP contribution in [0.15, 0.2) is 35.7 Å². The topological polar surface area (TPSA) is 24.1 Å². The van der Waals surface area contributed by atoms with Crippen LogP contribution in [0.25, 0.3) is 0 Å². The first-order valence-electron chi connectivity index (χ1n) is 4.08. The highest BCUT2D eigenvalue weighted by atomic mass is 15.0. The average molecular weight is 160 g/mol. The van der Waals surface area contributed by atoms with Crippen molar-refractivity contribution in [1.29, 1.82) is 0 Å². The maximum Gasteiger partial charge on any atom is 0.0621 e. The van der Waals surface area contributed by atoms with Gasteiger partial charge in [0.25, 0.3) is 0 Å². The van der Waals surface area contributed by atoms with E-state index in [0.29, 0.717) is 0 Å². The fraction of sp³-hybridized carbons (Fsp3) is 0.200. The van der Waals surface area contributed by atoms with Gasteiger partial charge in [0, 0.05) is 11.4 Å². The zero-order chi connectivity index (χ0) is 8.55. The molecule has 0 atom stereocenters. The third-order valence-corrected chi connectivity index (χ3v) is 2.13. The Bertz CT molecular complexity index is 306. The molecule has 1 aliphatic heterocycles. The number of allylic oxidation sites excluding steroid dienone is 2. The number of hydrogen-bond acceptors (Lipinski definition) is 2. The molecule has 1 aliphatic rings. The van der Waals surface area contributed by atoms with Gasteiger partial charge in [0.1, 0.15) is 0 Å². The van der Waals surface area contributed by atoms with Crippen LogP contribution < -0.4 is 10.6 Å². The molecule has 1 aromatic rings. The number of nitrogens with one attached hydrogen (secondary N) is 2. The van der Waals surface area contributed by atoms with Crippen LogP contribution in [-0.4, -0.2) is 0 Å². The summed E-state index contributed by atoms with van der Waals surface area (Å²) in [4.78, 5) is 0. The second-order valence-electron chi connectivity index (χ2n) is 3.05. The molecule has 1 aromatic carbocycles. The van der Waals surface area contributed by atoms with Crippen LogP contribution in [0.3, 0.4) is 0 Å². The highest BCUT2D eigenvalue weighted by Crippen LogP contribution is 2.28. The van der Waals surface area contributed by atoms with E-state index in [1.54, 1.807) is 0 Å². The van der Waals surface area contributed by atoms with E-state index < -0.39 is 0 Å². The predicted molar refractivity (Wildman–Crippen MR) is 52.1 cm³/mol. The van der Waals surface area contributed by atoms with Crippen LogP contribution in [-0.2, 0) is 0 Å². The van der Waals surface area contributed by atoms with Crippen molar-refractivity contribution in [2.75, 3.05) is 10.6 Å². The molecule has 62 valence electrons. The molecule has 0 aliphatic carbocycles. The van der Waals surface area contributed by atoms with Gasteiger partial charge in [0.2, 0.25) is 0 Å². The van der Waals surface area contributed by atoms with Crippen molar-refractivity contribution >= 4 is 11.4 Å². The van der Waals surface area contributed by atoms with Crippen LogP contribution in [0.4, 0.5) is 11.4 Å². The Morgan fingerprint density at radius 1 is 0.833 bits per heavy atom. The maximum absolute atomic E-state index is 3.33. The Kier molecular flexibility index (Phi) is 1.54. The summed E-state index contributed by atoms with van der Waals surface area (Å²) in [5.74, 6) is 0. The molecule has 0 aromatic heterocycles. The Morgan fingerprint density at radius 3 is 1.67 bits per heavy atom. The summed E-state index contributed by atoms with van der Waals surface area (Å²) in [7, 11) is 0. The first-order valence-corrected chi connectivity index (χ1v) is 4.08. The molecule has 0 saturated carbocycles. The zero-order valence-corrected chi connectivity index (χ0v) is 7.31. The first kappa shape index (κ1) is 7.22. The van der Waals surface area contributed by atoms with E-state index in [1.807, 2.05) is 12.1 Å². The number of benzene rings is 1. The van der Waals surface area contributed by atoms with Gasteiger partial charge >= 0.3 is 0 Å². The summed E-state index contributed by atoms with van der Waals surface area (Å²) in [6, 6.07) is 8.19. The summed E-state index contributed by atoms with van der Waals surface area (Å²) in [5.41, 5.74) is 4.68. The van der Waals surface area contributed by atoms with Crippen molar-refractivity contribution < 1.29 is 0 Å². The lowest BCUT2D eigenvalue weighted by atomic mass is 10.2. The maximum atomic E-state index is 3.33. The molecule has 1 heterocycles. The molecule has 12 heavy (non-hydrogen) atoms. The van der Waals surface area contributed by atoms with Crippen molar-refractivity contribution in [3.63, 3.8) is 0 Å². The second-order valence-corrected chi connectivity index (χ2v) is 3.05. The van der Waals surface area contributed by atoms with Crippen LogP contribution in [0.5, 0.6) is 0 Å². The van der Waals surface area contributed by atoms with Gasteiger partial charge < -0.3 is 10.6 Å². The van der Waals surface area contributed by atoms with Crippen molar-refractivity contribution in [3.05, 3.63) is 35.7 Å². The molecule has 0 bridgehead atoms. The summed E-state index contributed by atoms with van der Waals surface area (Å²) < 4.78 is 0. The summed E-state index contributed by atoms with van der Waals surface area (Å²) in [5, 5.41) is 6.65. The predicted octanol–water partition coefficient (Wildman–Crippen LogP) is 2.78. The van der Waals surface area contributed by atoms with Gasteiger partial charge in [-0.05, 0) is 26.0 Å². The lowest BCUT2D eigenvalue weighted by Gasteiger charge is -2.22. The van der Waals surface area contributed by atoms with E-state index in [4.69, 9.17) is 0 Å². The number of para-hydroxylation sites is 2. The monoisotopic (exact) mass is 160 g/mol. The first-order chi connectivity index (χ1) is 5.77. The quantitative estimate of drug-likeness (QED) is 0.609. The lowest BCUT2D eigenvalue weighted by molar-refractivity contribution is 1.20. The van der Waals surface area contributed by atoms with E-state index in [0.717, 1.165) is 11.4 Å². The Hall–Kier alpha value is -1.44. The van der Waals surface area contributed by atoms with Crippen LogP contribution in [0.1, 0.15) is 13.8 Å². The van der Waals surface area contributed by atoms with Gasteiger partial charge in [-0.1, -0.05) is 12.1 Å². The third-order valence-electron chi connectivity index (χ3n) is 2.13. The smallest absolute Gasteiger partial charge is 0.0621 e. The normalized spacial score (nSPS) is 14.8. The molecule has 2 rings (SSSR count). The van der Waals surface area contributed by atoms with Crippen molar-refractivity contribution in [2.24, 2.45) is 0 Å². The largest absolute Gasteiger partial charge is 0.356 e. The highest BCUT2D eigenvalue weighted by molar-refractivity contribution is 5.75. The van der Waals surface area contributed by atoms with Gasteiger partial charge in [-0.15, -0.1) is 0 Å². The van der Waals surface area contributed by atoms with E-state index in [1.165, 1.54) is 11.4 Å². The van der Waals surface area contributed by atoms with Crippen LogP contribution in [0, 0.1) is 0 Å². The number of anilines is 2. The van der Waals surface area contributed by atoms with Gasteiger partial charge in [-0.25, -0.2) is 0 Å². The van der Waals surface area contributed by atoms with E-state index in [-0.39, 0.29) is 0 Å². The van der Waals surface area contributed by atoms with Gasteiger partial charge in [-0.3, -0.25) is 0 Å². The molecular weight excluding hydrogens is 148 g/mol. The minimum absolute atomic E-state index is 1.15. The van der Waals surface area contributed by atoms with Crippen molar-refractivity contribution in [2.45, 2.75) is 13.8 Å². The number of fused-ring (bicyclic) bond motifs is 1. The summed E-state index contributed by atoms with van der Waals surface area (Å²) >= 11 is 0. The molecule has 0 radical (unpaired) electrons. The molecule has 0 spiro atoms. The third kappa shape index (κ3) is 1.05. The Labute approximate surface area is 72.3 Å². The minimum Gasteiger partial charge on any atom is -0.356 e. The summed E-state index contributed by atoms with van der Waals surface area (Å²) in [6.07, 6.45) is 0. The molecule has 0 unspecified atom stereocenters. The zero-order valence-electron chi connectivity index (χ0n) is 7.31. The SMILES string of the molecule is CC1=C(C)Nc2ccccc2N1. The molecule has 2 heteroatoms. The van der Waals surface area contributed by atoms with Crippen LogP contribution >= 0.6 is 0 Å². The van der Waals surface area contributed by atoms with E-state index >= 15 is 0 Å². The van der Waals surface area contributed by atoms with E-state index in [9.17, 15) is 0 Å². The number of hydrogen-bond donors (Lipinski definition) is 2. The molecular formula is C10H12N2. The van der Waals surface area contributed by atoms with Crippen LogP contribution in [0.2, 0.25) is 0 Å². The van der Waals surface area contributed by atoms with Gasteiger partial charge in [0.15, 0.2) is 0 Å².